The van der Waals surface area contributed by atoms with Gasteiger partial charge in [0.1, 0.15) is 11.5 Å². The van der Waals surface area contributed by atoms with Crippen LogP contribution >= 0.6 is 24.0 Å². The number of nitrogens with one attached hydrogen (secondary N) is 1. The van der Waals surface area contributed by atoms with Crippen LogP contribution in [-0.2, 0) is 0 Å². The van der Waals surface area contributed by atoms with Gasteiger partial charge in [-0.25, -0.2) is 4.99 Å². The molecule has 0 saturated carbocycles. The number of hydrogen-bond acceptors (Lipinski definition) is 3. The van der Waals surface area contributed by atoms with Gasteiger partial charge in [0, 0.05) is 6.07 Å². The molecule has 0 amide bonds. The molecule has 0 unspecified atom stereocenters. The van der Waals surface area contributed by atoms with Crippen molar-refractivity contribution in [3.63, 3.8) is 0 Å². The van der Waals surface area contributed by atoms with Crippen LogP contribution in [0.5, 0.6) is 11.5 Å². The van der Waals surface area contributed by atoms with E-state index in [1.54, 1.807) is 6.08 Å². The van der Waals surface area contributed by atoms with Gasteiger partial charge in [-0.3, -0.25) is 0 Å². The summed E-state index contributed by atoms with van der Waals surface area (Å²) in [4.78, 5) is 4.08. The van der Waals surface area contributed by atoms with Gasteiger partial charge in [0.25, 0.3) is 0 Å². The molecular weight excluding hydrogens is 369 g/mol. The van der Waals surface area contributed by atoms with E-state index >= 15 is 0 Å². The zero-order chi connectivity index (χ0) is 14.1. The highest BCUT2D eigenvalue weighted by Crippen LogP contribution is 2.29. The van der Waals surface area contributed by atoms with E-state index in [2.05, 4.69) is 16.9 Å². The lowest BCUT2D eigenvalue weighted by molar-refractivity contribution is 0.332. The highest BCUT2D eigenvalue weighted by Gasteiger charge is 2.06. The summed E-state index contributed by atoms with van der Waals surface area (Å²) in [6.07, 6.45) is 1.68. The summed E-state index contributed by atoms with van der Waals surface area (Å²) in [6, 6.07) is 5.54. The standard InChI is InChI=1S/C14H21N3O2.HI/c1-4-9-16-14(15)17-12-10-11(18-5-2)7-8-13(12)19-6-3;/h4,7-8,10H,1,5-6,9H2,2-3H3,(H3,15,16,17);1H. The number of guanidine groups is 1. The Morgan fingerprint density at radius 2 is 2.05 bits per heavy atom. The van der Waals surface area contributed by atoms with E-state index in [0.29, 0.717) is 31.5 Å². The molecule has 5 nitrogen and oxygen atoms in total. The maximum absolute atomic E-state index is 5.78. The van der Waals surface area contributed by atoms with Crippen LogP contribution in [-0.4, -0.2) is 25.7 Å². The number of halogens is 1. The number of hydrogen-bond donors (Lipinski definition) is 2. The van der Waals surface area contributed by atoms with Crippen LogP contribution in [0.15, 0.2) is 35.8 Å². The smallest absolute Gasteiger partial charge is 0.193 e. The fourth-order valence-electron chi connectivity index (χ4n) is 1.48. The van der Waals surface area contributed by atoms with E-state index < -0.39 is 0 Å². The normalized spacial score (nSPS) is 10.4. The zero-order valence-corrected chi connectivity index (χ0v) is 14.2. The van der Waals surface area contributed by atoms with Crippen LogP contribution < -0.4 is 20.5 Å². The summed E-state index contributed by atoms with van der Waals surface area (Å²) < 4.78 is 11.0. The van der Waals surface area contributed by atoms with E-state index in [0.717, 1.165) is 11.4 Å². The SMILES string of the molecule is C=CCN=C(N)Nc1cc(OCC)ccc1OCC.I. The van der Waals surface area contributed by atoms with Crippen molar-refractivity contribution in [2.45, 2.75) is 13.8 Å². The van der Waals surface area contributed by atoms with E-state index in [4.69, 9.17) is 15.2 Å². The molecule has 112 valence electrons. The van der Waals surface area contributed by atoms with Crippen molar-refractivity contribution >= 4 is 35.6 Å². The highest BCUT2D eigenvalue weighted by atomic mass is 127. The molecule has 0 saturated heterocycles. The van der Waals surface area contributed by atoms with Gasteiger partial charge in [0.05, 0.1) is 25.4 Å². The van der Waals surface area contributed by atoms with Crippen LogP contribution in [0.1, 0.15) is 13.8 Å². The minimum absolute atomic E-state index is 0. The highest BCUT2D eigenvalue weighted by molar-refractivity contribution is 14.0. The molecule has 3 N–H and O–H groups in total. The molecule has 0 fully saturated rings. The molecule has 0 aliphatic rings. The third kappa shape index (κ3) is 6.14. The Morgan fingerprint density at radius 1 is 1.35 bits per heavy atom. The number of ether oxygens (including phenoxy) is 2. The largest absolute Gasteiger partial charge is 0.494 e. The van der Waals surface area contributed by atoms with Gasteiger partial charge >= 0.3 is 0 Å². The molecule has 0 aliphatic heterocycles. The quantitative estimate of drug-likeness (QED) is 0.325. The van der Waals surface area contributed by atoms with Crippen LogP contribution in [0, 0.1) is 0 Å². The van der Waals surface area contributed by atoms with Gasteiger partial charge in [-0.15, -0.1) is 30.6 Å². The number of nitrogens with zero attached hydrogens (tertiary/aromatic N) is 1. The van der Waals surface area contributed by atoms with Crippen molar-refractivity contribution in [1.82, 2.24) is 0 Å². The Balaban J connectivity index is 0.00000361. The lowest BCUT2D eigenvalue weighted by Gasteiger charge is -2.13. The minimum Gasteiger partial charge on any atom is -0.494 e. The van der Waals surface area contributed by atoms with Crippen molar-refractivity contribution in [3.05, 3.63) is 30.9 Å². The summed E-state index contributed by atoms with van der Waals surface area (Å²) >= 11 is 0. The first-order valence-corrected chi connectivity index (χ1v) is 6.28. The summed E-state index contributed by atoms with van der Waals surface area (Å²) in [7, 11) is 0. The third-order valence-corrected chi connectivity index (χ3v) is 2.22. The fraction of sp³-hybridized carbons (Fsp3) is 0.357. The predicted octanol–water partition coefficient (Wildman–Crippen LogP) is 3.01. The summed E-state index contributed by atoms with van der Waals surface area (Å²) in [6.45, 7) is 9.10. The van der Waals surface area contributed by atoms with Crippen molar-refractivity contribution in [3.8, 4) is 11.5 Å². The molecule has 0 atom stereocenters. The van der Waals surface area contributed by atoms with Gasteiger partial charge in [-0.2, -0.15) is 0 Å². The maximum Gasteiger partial charge on any atom is 0.193 e. The second kappa shape index (κ2) is 10.4. The predicted molar refractivity (Wildman–Crippen MR) is 94.5 cm³/mol. The molecule has 0 aliphatic carbocycles. The van der Waals surface area contributed by atoms with Crippen molar-refractivity contribution < 1.29 is 9.47 Å². The molecule has 0 aromatic heterocycles. The average Bonchev–Trinajstić information content (AvgIpc) is 2.40. The Labute approximate surface area is 137 Å². The fourth-order valence-corrected chi connectivity index (χ4v) is 1.48. The molecular formula is C14H22IN3O2. The van der Waals surface area contributed by atoms with Crippen molar-refractivity contribution in [2.24, 2.45) is 10.7 Å². The van der Waals surface area contributed by atoms with Gasteiger partial charge < -0.3 is 20.5 Å². The van der Waals surface area contributed by atoms with Gasteiger partial charge in [-0.05, 0) is 26.0 Å². The van der Waals surface area contributed by atoms with Crippen LogP contribution in [0.2, 0.25) is 0 Å². The molecule has 20 heavy (non-hydrogen) atoms. The molecule has 1 rings (SSSR count). The Morgan fingerprint density at radius 3 is 2.65 bits per heavy atom. The number of anilines is 1. The first-order chi connectivity index (χ1) is 9.21. The molecule has 0 bridgehead atoms. The van der Waals surface area contributed by atoms with Gasteiger partial charge in [0.15, 0.2) is 5.96 Å². The summed E-state index contributed by atoms with van der Waals surface area (Å²) in [5.74, 6) is 1.78. The number of nitrogens with two attached hydrogens (primary N) is 1. The molecule has 0 radical (unpaired) electrons. The van der Waals surface area contributed by atoms with Crippen LogP contribution in [0.3, 0.4) is 0 Å². The van der Waals surface area contributed by atoms with Gasteiger partial charge in [-0.1, -0.05) is 6.08 Å². The van der Waals surface area contributed by atoms with E-state index in [-0.39, 0.29) is 24.0 Å². The van der Waals surface area contributed by atoms with E-state index in [1.807, 2.05) is 32.0 Å². The summed E-state index contributed by atoms with van der Waals surface area (Å²) in [5.41, 5.74) is 6.51. The number of benzene rings is 1. The first-order valence-electron chi connectivity index (χ1n) is 6.28. The number of aliphatic imine (C=N–C) groups is 1. The summed E-state index contributed by atoms with van der Waals surface area (Å²) in [5, 5.41) is 3.00. The average molecular weight is 391 g/mol. The van der Waals surface area contributed by atoms with Gasteiger partial charge in [0.2, 0.25) is 0 Å². The zero-order valence-electron chi connectivity index (χ0n) is 11.9. The minimum atomic E-state index is 0. The molecule has 6 heteroatoms. The molecule has 0 heterocycles. The second-order valence-electron chi connectivity index (χ2n) is 3.66. The second-order valence-corrected chi connectivity index (χ2v) is 3.66. The maximum atomic E-state index is 5.78. The molecule has 1 aromatic rings. The Kier molecular flexibility index (Phi) is 9.61. The van der Waals surface area contributed by atoms with E-state index in [9.17, 15) is 0 Å². The van der Waals surface area contributed by atoms with Crippen LogP contribution in [0.25, 0.3) is 0 Å². The van der Waals surface area contributed by atoms with Crippen LogP contribution in [0.4, 0.5) is 5.69 Å². The first kappa shape index (κ1) is 18.6. The molecule has 1 aromatic carbocycles. The topological polar surface area (TPSA) is 68.9 Å². The lowest BCUT2D eigenvalue weighted by atomic mass is 10.2. The third-order valence-electron chi connectivity index (χ3n) is 2.22. The van der Waals surface area contributed by atoms with E-state index in [1.165, 1.54) is 0 Å². The lowest BCUT2D eigenvalue weighted by Crippen LogP contribution is -2.23. The van der Waals surface area contributed by atoms with Crippen molar-refractivity contribution in [1.29, 1.82) is 0 Å². The van der Waals surface area contributed by atoms with Crippen molar-refractivity contribution in [2.75, 3.05) is 25.1 Å². The monoisotopic (exact) mass is 391 g/mol. The Hall–Kier alpha value is -1.44. The molecule has 0 spiro atoms. The Bertz CT molecular complexity index is 450. The number of rotatable bonds is 7.